The Balaban J connectivity index is 1.07. The van der Waals surface area contributed by atoms with Crippen LogP contribution in [0.25, 0.3) is 0 Å². The summed E-state index contributed by atoms with van der Waals surface area (Å²) < 4.78 is 11.5. The number of amides is 2. The number of benzene rings is 5. The number of ether oxygens (including phenoxy) is 2. The molecule has 0 unspecified atom stereocenters. The number of nitrogens with zero attached hydrogens (tertiary/aromatic N) is 2. The number of piperazine rings is 1. The normalized spacial score (nSPS) is 13.3. The summed E-state index contributed by atoms with van der Waals surface area (Å²) in [6.45, 7) is 3.36. The van der Waals surface area contributed by atoms with Gasteiger partial charge in [-0.15, -0.1) is 0 Å². The van der Waals surface area contributed by atoms with Crippen LogP contribution in [-0.2, 0) is 0 Å². The highest BCUT2D eigenvalue weighted by molar-refractivity contribution is 6.09. The van der Waals surface area contributed by atoms with Crippen molar-refractivity contribution in [1.82, 2.24) is 9.80 Å². The summed E-state index contributed by atoms with van der Waals surface area (Å²) in [5.41, 5.74) is 3.85. The third-order valence-electron chi connectivity index (χ3n) is 8.06. The van der Waals surface area contributed by atoms with E-state index in [4.69, 9.17) is 9.47 Å². The van der Waals surface area contributed by atoms with Crippen LogP contribution in [0, 0.1) is 0 Å². The summed E-state index contributed by atoms with van der Waals surface area (Å²) in [7, 11) is 0. The van der Waals surface area contributed by atoms with Crippen LogP contribution >= 0.6 is 0 Å². The zero-order valence-electron chi connectivity index (χ0n) is 25.6. The molecule has 0 aliphatic carbocycles. The van der Waals surface area contributed by atoms with E-state index in [-0.39, 0.29) is 17.9 Å². The number of anilines is 1. The summed E-state index contributed by atoms with van der Waals surface area (Å²) in [6, 6.07) is 44.8. The summed E-state index contributed by atoms with van der Waals surface area (Å²) >= 11 is 0. The third kappa shape index (κ3) is 7.62. The van der Waals surface area contributed by atoms with Crippen LogP contribution in [0.1, 0.15) is 37.9 Å². The van der Waals surface area contributed by atoms with Gasteiger partial charge in [0.05, 0.1) is 17.3 Å². The maximum Gasteiger partial charge on any atom is 0.256 e. The molecule has 46 heavy (non-hydrogen) atoms. The molecule has 0 atom stereocenters. The van der Waals surface area contributed by atoms with Gasteiger partial charge in [0.1, 0.15) is 24.7 Å². The fourth-order valence-corrected chi connectivity index (χ4v) is 5.77. The maximum atomic E-state index is 13.8. The topological polar surface area (TPSA) is 71.1 Å². The quantitative estimate of drug-likeness (QED) is 0.164. The third-order valence-corrected chi connectivity index (χ3v) is 8.06. The second kappa shape index (κ2) is 15.1. The van der Waals surface area contributed by atoms with Crippen molar-refractivity contribution in [3.05, 3.63) is 162 Å². The van der Waals surface area contributed by atoms with E-state index >= 15 is 0 Å². The van der Waals surface area contributed by atoms with Crippen LogP contribution in [0.5, 0.6) is 11.5 Å². The number of hydrogen-bond acceptors (Lipinski definition) is 5. The molecule has 6 rings (SSSR count). The Morgan fingerprint density at radius 2 is 1.15 bits per heavy atom. The van der Waals surface area contributed by atoms with E-state index < -0.39 is 0 Å². The van der Waals surface area contributed by atoms with Crippen molar-refractivity contribution < 1.29 is 19.1 Å². The van der Waals surface area contributed by atoms with E-state index in [9.17, 15) is 9.59 Å². The Hall–Kier alpha value is -5.40. The lowest BCUT2D eigenvalue weighted by atomic mass is 9.96. The summed E-state index contributed by atoms with van der Waals surface area (Å²) in [4.78, 5) is 31.4. The van der Waals surface area contributed by atoms with Gasteiger partial charge in [0, 0.05) is 31.7 Å². The van der Waals surface area contributed by atoms with Gasteiger partial charge in [-0.25, -0.2) is 0 Å². The first-order valence-electron chi connectivity index (χ1n) is 15.6. The zero-order chi connectivity index (χ0) is 31.6. The van der Waals surface area contributed by atoms with E-state index in [0.29, 0.717) is 48.9 Å². The molecule has 0 aromatic heterocycles. The van der Waals surface area contributed by atoms with Crippen molar-refractivity contribution >= 4 is 17.5 Å². The Morgan fingerprint density at radius 3 is 1.80 bits per heavy atom. The number of carbonyl (C=O) groups is 2. The molecule has 7 heteroatoms. The van der Waals surface area contributed by atoms with E-state index in [1.807, 2.05) is 59.5 Å². The first kappa shape index (κ1) is 30.6. The number of carbonyl (C=O) groups excluding carboxylic acids is 2. The van der Waals surface area contributed by atoms with Gasteiger partial charge in [-0.05, 0) is 53.6 Å². The molecule has 5 aromatic carbocycles. The lowest BCUT2D eigenvalue weighted by Crippen LogP contribution is -2.50. The lowest BCUT2D eigenvalue weighted by Gasteiger charge is -2.40. The summed E-state index contributed by atoms with van der Waals surface area (Å²) in [5.74, 6) is 0.931. The molecular weight excluding hydrogens is 574 g/mol. The number of nitrogens with one attached hydrogen (secondary N) is 1. The smallest absolute Gasteiger partial charge is 0.256 e. The van der Waals surface area contributed by atoms with Crippen LogP contribution < -0.4 is 14.8 Å². The molecule has 1 aliphatic heterocycles. The van der Waals surface area contributed by atoms with Crippen molar-refractivity contribution in [1.29, 1.82) is 0 Å². The Bertz CT molecular complexity index is 1680. The number of para-hydroxylation sites is 2. The van der Waals surface area contributed by atoms with E-state index in [1.165, 1.54) is 11.1 Å². The fraction of sp³-hybridized carbons (Fsp3) is 0.179. The first-order valence-corrected chi connectivity index (χ1v) is 15.6. The molecule has 7 nitrogen and oxygen atoms in total. The minimum Gasteiger partial charge on any atom is -0.490 e. The predicted octanol–water partition coefficient (Wildman–Crippen LogP) is 6.94. The molecule has 232 valence electrons. The second-order valence-corrected chi connectivity index (χ2v) is 11.1. The number of rotatable bonds is 11. The molecular formula is C39H37N3O4. The fourth-order valence-electron chi connectivity index (χ4n) is 5.77. The van der Waals surface area contributed by atoms with Crippen molar-refractivity contribution in [3.8, 4) is 11.5 Å². The first-order chi connectivity index (χ1) is 22.7. The molecule has 0 bridgehead atoms. The molecule has 1 aliphatic rings. The van der Waals surface area contributed by atoms with Gasteiger partial charge in [0.25, 0.3) is 11.8 Å². The second-order valence-electron chi connectivity index (χ2n) is 11.1. The Kier molecular flexibility index (Phi) is 10.0. The minimum absolute atomic E-state index is 0.0953. The molecule has 1 saturated heterocycles. The molecule has 0 saturated carbocycles. The Labute approximate surface area is 270 Å². The van der Waals surface area contributed by atoms with Gasteiger partial charge in [-0.3, -0.25) is 14.5 Å². The van der Waals surface area contributed by atoms with Crippen LogP contribution in [-0.4, -0.2) is 61.0 Å². The average molecular weight is 612 g/mol. The molecule has 1 N–H and O–H groups in total. The summed E-state index contributed by atoms with van der Waals surface area (Å²) in [6.07, 6.45) is 0. The highest BCUT2D eigenvalue weighted by Crippen LogP contribution is 2.30. The van der Waals surface area contributed by atoms with Gasteiger partial charge in [-0.2, -0.15) is 0 Å². The van der Waals surface area contributed by atoms with Crippen LogP contribution in [0.15, 0.2) is 140 Å². The highest BCUT2D eigenvalue weighted by Gasteiger charge is 2.29. The van der Waals surface area contributed by atoms with Crippen molar-refractivity contribution in [3.63, 3.8) is 0 Å². The van der Waals surface area contributed by atoms with Gasteiger partial charge in [-0.1, -0.05) is 97.1 Å². The molecule has 2 amide bonds. The van der Waals surface area contributed by atoms with Gasteiger partial charge in [0.15, 0.2) is 0 Å². The van der Waals surface area contributed by atoms with Gasteiger partial charge < -0.3 is 19.7 Å². The van der Waals surface area contributed by atoms with Crippen molar-refractivity contribution in [2.45, 2.75) is 6.04 Å². The largest absolute Gasteiger partial charge is 0.490 e. The lowest BCUT2D eigenvalue weighted by molar-refractivity contribution is 0.0598. The van der Waals surface area contributed by atoms with Crippen LogP contribution in [0.3, 0.4) is 0 Å². The average Bonchev–Trinajstić information content (AvgIpc) is 3.12. The molecule has 0 radical (unpaired) electrons. The SMILES string of the molecule is O=C(Nc1ccccc1C(=O)N1CCN(C(c2ccccc2)c2ccccc2)CC1)c1cccc(OCCOc2ccccc2)c1. The standard InChI is InChI=1S/C39H37N3O4/c43-38(32-17-12-20-34(29-32)46-28-27-45-33-18-8-3-9-19-33)40-36-22-11-10-21-35(36)39(44)42-25-23-41(24-26-42)37(30-13-4-1-5-14-30)31-15-6-2-7-16-31/h1-22,29,37H,23-28H2,(H,40,43). The monoisotopic (exact) mass is 611 g/mol. The molecule has 1 heterocycles. The van der Waals surface area contributed by atoms with Gasteiger partial charge >= 0.3 is 0 Å². The highest BCUT2D eigenvalue weighted by atomic mass is 16.5. The van der Waals surface area contributed by atoms with Crippen molar-refractivity contribution in [2.24, 2.45) is 0 Å². The van der Waals surface area contributed by atoms with E-state index in [0.717, 1.165) is 18.8 Å². The van der Waals surface area contributed by atoms with Gasteiger partial charge in [0.2, 0.25) is 0 Å². The zero-order valence-corrected chi connectivity index (χ0v) is 25.6. The van der Waals surface area contributed by atoms with E-state index in [1.54, 1.807) is 36.4 Å². The minimum atomic E-state index is -0.315. The molecule has 1 fully saturated rings. The maximum absolute atomic E-state index is 13.8. The van der Waals surface area contributed by atoms with E-state index in [2.05, 4.69) is 58.7 Å². The molecule has 0 spiro atoms. The summed E-state index contributed by atoms with van der Waals surface area (Å²) in [5, 5.41) is 2.96. The van der Waals surface area contributed by atoms with Crippen LogP contribution in [0.4, 0.5) is 5.69 Å². The predicted molar refractivity (Wildman–Crippen MR) is 180 cm³/mol. The number of hydrogen-bond donors (Lipinski definition) is 1. The van der Waals surface area contributed by atoms with Crippen molar-refractivity contribution in [2.75, 3.05) is 44.7 Å². The Morgan fingerprint density at radius 1 is 0.609 bits per heavy atom. The van der Waals surface area contributed by atoms with Crippen LogP contribution in [0.2, 0.25) is 0 Å². The molecule has 5 aromatic rings.